The van der Waals surface area contributed by atoms with Gasteiger partial charge >= 0.3 is 0 Å². The van der Waals surface area contributed by atoms with Crippen molar-refractivity contribution in [1.29, 1.82) is 0 Å². The minimum Gasteiger partial charge on any atom is -0.497 e. The Labute approximate surface area is 169 Å². The highest BCUT2D eigenvalue weighted by atomic mass is 16.5. The van der Waals surface area contributed by atoms with Crippen LogP contribution in [0.15, 0.2) is 66.3 Å². The highest BCUT2D eigenvalue weighted by Crippen LogP contribution is 2.32. The van der Waals surface area contributed by atoms with Gasteiger partial charge in [-0.15, -0.1) is 0 Å². The summed E-state index contributed by atoms with van der Waals surface area (Å²) >= 11 is 0. The summed E-state index contributed by atoms with van der Waals surface area (Å²) in [6, 6.07) is 12.7. The highest BCUT2D eigenvalue weighted by Gasteiger charge is 2.21. The molecule has 1 N–H and O–H groups in total. The van der Waals surface area contributed by atoms with Crippen LogP contribution in [0.5, 0.6) is 11.5 Å². The molecule has 1 amide bonds. The first-order valence-electron chi connectivity index (χ1n) is 8.88. The summed E-state index contributed by atoms with van der Waals surface area (Å²) in [6.07, 6.45) is 4.81. The second-order valence-electron chi connectivity index (χ2n) is 6.08. The van der Waals surface area contributed by atoms with Gasteiger partial charge in [-0.2, -0.15) is 0 Å². The van der Waals surface area contributed by atoms with Gasteiger partial charge in [-0.1, -0.05) is 30.9 Å². The molecule has 29 heavy (non-hydrogen) atoms. The zero-order chi connectivity index (χ0) is 20.8. The van der Waals surface area contributed by atoms with Crippen molar-refractivity contribution in [3.63, 3.8) is 0 Å². The van der Waals surface area contributed by atoms with Crippen LogP contribution in [0.2, 0.25) is 0 Å². The molecule has 148 valence electrons. The Hall–Kier alpha value is -3.87. The van der Waals surface area contributed by atoms with E-state index in [4.69, 9.17) is 9.47 Å². The van der Waals surface area contributed by atoms with Crippen molar-refractivity contribution in [3.05, 3.63) is 66.9 Å². The van der Waals surface area contributed by atoms with Gasteiger partial charge in [0.1, 0.15) is 11.5 Å². The molecular weight excluding hydrogens is 368 g/mol. The van der Waals surface area contributed by atoms with Crippen molar-refractivity contribution in [2.75, 3.05) is 26.2 Å². The van der Waals surface area contributed by atoms with Crippen molar-refractivity contribution in [2.24, 2.45) is 4.99 Å². The van der Waals surface area contributed by atoms with E-state index in [0.717, 1.165) is 16.9 Å². The van der Waals surface area contributed by atoms with E-state index in [1.54, 1.807) is 55.7 Å². The van der Waals surface area contributed by atoms with Crippen molar-refractivity contribution < 1.29 is 14.3 Å². The number of allylic oxidation sites excluding steroid dienone is 1. The Morgan fingerprint density at radius 2 is 2.00 bits per heavy atom. The molecule has 7 heteroatoms. The molecule has 1 heterocycles. The number of carbonyl (C=O) groups is 1. The van der Waals surface area contributed by atoms with E-state index < -0.39 is 0 Å². The summed E-state index contributed by atoms with van der Waals surface area (Å²) in [5.41, 5.74) is 2.73. The Bertz CT molecular complexity index is 1060. The first-order chi connectivity index (χ1) is 14.1. The molecule has 2 aromatic carbocycles. The Morgan fingerprint density at radius 1 is 1.21 bits per heavy atom. The number of imidazole rings is 1. The lowest BCUT2D eigenvalue weighted by Crippen LogP contribution is -2.27. The van der Waals surface area contributed by atoms with Gasteiger partial charge in [0.25, 0.3) is 5.91 Å². The van der Waals surface area contributed by atoms with E-state index in [0.29, 0.717) is 23.0 Å². The number of carbonyl (C=O) groups excluding carboxylic acids is 1. The normalized spacial score (nSPS) is 10.7. The second-order valence-corrected chi connectivity index (χ2v) is 6.08. The largest absolute Gasteiger partial charge is 0.497 e. The van der Waals surface area contributed by atoms with Gasteiger partial charge in [-0.05, 0) is 18.2 Å². The maximum atomic E-state index is 13.2. The number of nitrogens with one attached hydrogen (secondary N) is 1. The molecule has 0 radical (unpaired) electrons. The molecular formula is C22H22N4O3. The molecule has 3 aromatic rings. The number of amides is 1. The predicted octanol–water partition coefficient (Wildman–Crippen LogP) is 4.26. The monoisotopic (exact) mass is 390 g/mol. The van der Waals surface area contributed by atoms with Crippen LogP contribution in [0.25, 0.3) is 11.3 Å². The van der Waals surface area contributed by atoms with Gasteiger partial charge in [0.2, 0.25) is 5.95 Å². The number of methoxy groups -OCH3 is 2. The standard InChI is InChI=1S/C22H22N4O3/c1-5-12-23-22-24-14-18(25-22)16-8-6-7-9-19(16)26(2)21(27)17-11-10-15(28-3)13-20(17)29-4/h5-14H,1H2,2-4H3,(H,24,25)/b23-12-. The van der Waals surface area contributed by atoms with E-state index in [-0.39, 0.29) is 5.91 Å². The van der Waals surface area contributed by atoms with E-state index in [2.05, 4.69) is 21.5 Å². The minimum absolute atomic E-state index is 0.207. The fraction of sp³-hybridized carbons (Fsp3) is 0.136. The molecule has 0 unspecified atom stereocenters. The number of nitrogens with zero attached hydrogens (tertiary/aromatic N) is 3. The second kappa shape index (κ2) is 8.88. The van der Waals surface area contributed by atoms with Crippen molar-refractivity contribution in [3.8, 4) is 22.8 Å². The first kappa shape index (κ1) is 19.9. The van der Waals surface area contributed by atoms with E-state index in [1.165, 1.54) is 7.11 Å². The predicted molar refractivity (Wildman–Crippen MR) is 115 cm³/mol. The van der Waals surface area contributed by atoms with Gasteiger partial charge < -0.3 is 19.4 Å². The van der Waals surface area contributed by atoms with Crippen molar-refractivity contribution in [2.45, 2.75) is 0 Å². The van der Waals surface area contributed by atoms with Crippen LogP contribution in [-0.2, 0) is 0 Å². The molecule has 0 fully saturated rings. The SMILES string of the molecule is C=C/C=N\c1ncc(-c2ccccc2N(C)C(=O)c2ccc(OC)cc2OC)[nH]1. The smallest absolute Gasteiger partial charge is 0.261 e. The lowest BCUT2D eigenvalue weighted by atomic mass is 10.1. The number of rotatable bonds is 7. The molecule has 0 aliphatic heterocycles. The third kappa shape index (κ3) is 4.19. The summed E-state index contributed by atoms with van der Waals surface area (Å²) < 4.78 is 10.6. The van der Waals surface area contributed by atoms with Crippen LogP contribution >= 0.6 is 0 Å². The molecule has 0 aliphatic carbocycles. The number of hydrogen-bond donors (Lipinski definition) is 1. The van der Waals surface area contributed by atoms with Crippen LogP contribution < -0.4 is 14.4 Å². The Balaban J connectivity index is 1.97. The molecule has 0 saturated heterocycles. The van der Waals surface area contributed by atoms with Gasteiger partial charge in [0, 0.05) is 24.9 Å². The number of hydrogen-bond acceptors (Lipinski definition) is 5. The summed E-state index contributed by atoms with van der Waals surface area (Å²) in [5, 5.41) is 0. The highest BCUT2D eigenvalue weighted by molar-refractivity contribution is 6.09. The van der Waals surface area contributed by atoms with Crippen LogP contribution in [0.4, 0.5) is 11.6 Å². The third-order valence-electron chi connectivity index (χ3n) is 4.36. The van der Waals surface area contributed by atoms with Crippen LogP contribution in [0.3, 0.4) is 0 Å². The van der Waals surface area contributed by atoms with E-state index in [9.17, 15) is 4.79 Å². The molecule has 0 saturated carbocycles. The molecule has 0 atom stereocenters. The van der Waals surface area contributed by atoms with Gasteiger partial charge in [-0.3, -0.25) is 4.79 Å². The van der Waals surface area contributed by atoms with Crippen molar-refractivity contribution >= 4 is 23.8 Å². The molecule has 3 rings (SSSR count). The molecule has 0 aliphatic rings. The topological polar surface area (TPSA) is 79.8 Å². The lowest BCUT2D eigenvalue weighted by molar-refractivity contribution is 0.0990. The van der Waals surface area contributed by atoms with Crippen LogP contribution in [-0.4, -0.2) is 43.4 Å². The summed E-state index contributed by atoms with van der Waals surface area (Å²) in [5.74, 6) is 1.31. The fourth-order valence-electron chi connectivity index (χ4n) is 2.90. The quantitative estimate of drug-likeness (QED) is 0.612. The maximum Gasteiger partial charge on any atom is 0.261 e. The molecule has 0 bridgehead atoms. The number of H-pyrrole nitrogens is 1. The number of benzene rings is 2. The van der Waals surface area contributed by atoms with E-state index >= 15 is 0 Å². The summed E-state index contributed by atoms with van der Waals surface area (Å²) in [7, 11) is 4.81. The molecule has 0 spiro atoms. The number of anilines is 1. The van der Waals surface area contributed by atoms with Gasteiger partial charge in [-0.25, -0.2) is 9.98 Å². The fourth-order valence-corrected chi connectivity index (χ4v) is 2.90. The number of ether oxygens (including phenoxy) is 2. The zero-order valence-corrected chi connectivity index (χ0v) is 16.5. The Kier molecular flexibility index (Phi) is 6.09. The zero-order valence-electron chi connectivity index (χ0n) is 16.5. The lowest BCUT2D eigenvalue weighted by Gasteiger charge is -2.21. The van der Waals surface area contributed by atoms with Crippen LogP contribution in [0, 0.1) is 0 Å². The average molecular weight is 390 g/mol. The number of aliphatic imine (C=N–C) groups is 1. The average Bonchev–Trinajstić information content (AvgIpc) is 3.25. The number of aromatic nitrogens is 2. The van der Waals surface area contributed by atoms with Gasteiger partial charge in [0.15, 0.2) is 0 Å². The minimum atomic E-state index is -0.207. The number of aromatic amines is 1. The van der Waals surface area contributed by atoms with Crippen LogP contribution in [0.1, 0.15) is 10.4 Å². The van der Waals surface area contributed by atoms with Crippen molar-refractivity contribution in [1.82, 2.24) is 9.97 Å². The molecule has 7 nitrogen and oxygen atoms in total. The van der Waals surface area contributed by atoms with Gasteiger partial charge in [0.05, 0.1) is 37.4 Å². The molecule has 1 aromatic heterocycles. The Morgan fingerprint density at radius 3 is 2.72 bits per heavy atom. The number of para-hydroxylation sites is 1. The summed E-state index contributed by atoms with van der Waals surface area (Å²) in [6.45, 7) is 3.60. The third-order valence-corrected chi connectivity index (χ3v) is 4.36. The maximum absolute atomic E-state index is 13.2. The first-order valence-corrected chi connectivity index (χ1v) is 8.88. The van der Waals surface area contributed by atoms with E-state index in [1.807, 2.05) is 24.3 Å². The summed E-state index contributed by atoms with van der Waals surface area (Å²) in [4.78, 5) is 26.3.